The highest BCUT2D eigenvalue weighted by Gasteiger charge is 2.46. The first-order chi connectivity index (χ1) is 7.74. The van der Waals surface area contributed by atoms with E-state index >= 15 is 0 Å². The molecule has 3 rings (SSSR count). The predicted molar refractivity (Wildman–Crippen MR) is 62.2 cm³/mol. The fourth-order valence-electron chi connectivity index (χ4n) is 2.73. The molecule has 0 saturated heterocycles. The van der Waals surface area contributed by atoms with Crippen molar-refractivity contribution >= 4 is 0 Å². The lowest BCUT2D eigenvalue weighted by molar-refractivity contribution is 0.200. The number of nitrogens with zero attached hydrogens (tertiary/aromatic N) is 2. The summed E-state index contributed by atoms with van der Waals surface area (Å²) in [6.45, 7) is 3.23. The molecule has 2 saturated carbocycles. The van der Waals surface area contributed by atoms with E-state index in [4.69, 9.17) is 4.74 Å². The van der Waals surface area contributed by atoms with Gasteiger partial charge >= 0.3 is 0 Å². The molecule has 2 fully saturated rings. The van der Waals surface area contributed by atoms with Crippen LogP contribution in [-0.2, 0) is 7.05 Å². The summed E-state index contributed by atoms with van der Waals surface area (Å²) in [6.07, 6.45) is 6.17. The van der Waals surface area contributed by atoms with Gasteiger partial charge < -0.3 is 4.74 Å². The second-order valence-electron chi connectivity index (χ2n) is 5.52. The summed E-state index contributed by atoms with van der Waals surface area (Å²) in [5.41, 5.74) is 0. The molecule has 1 aromatic heterocycles. The van der Waals surface area contributed by atoms with Crippen LogP contribution < -0.4 is 4.74 Å². The third-order valence-electron chi connectivity index (χ3n) is 4.06. The van der Waals surface area contributed by atoms with Gasteiger partial charge in [-0.25, -0.2) is 0 Å². The average Bonchev–Trinajstić information content (AvgIpc) is 3.14. The maximum Gasteiger partial charge on any atom is 0.232 e. The minimum Gasteiger partial charge on any atom is -0.476 e. The fourth-order valence-corrected chi connectivity index (χ4v) is 2.73. The van der Waals surface area contributed by atoms with Crippen LogP contribution in [0.5, 0.6) is 5.88 Å². The molecule has 2 aliphatic carbocycles. The summed E-state index contributed by atoms with van der Waals surface area (Å²) in [4.78, 5) is 0. The molecule has 1 heterocycles. The van der Waals surface area contributed by atoms with Gasteiger partial charge in [-0.1, -0.05) is 6.92 Å². The van der Waals surface area contributed by atoms with E-state index in [1.807, 2.05) is 19.3 Å². The lowest BCUT2D eigenvalue weighted by atomic mass is 9.98. The lowest BCUT2D eigenvalue weighted by Crippen LogP contribution is -2.17. The summed E-state index contributed by atoms with van der Waals surface area (Å²) in [7, 11) is 1.92. The fraction of sp³-hybridized carbons (Fsp3) is 0.769. The molecule has 0 bridgehead atoms. The first-order valence-electron chi connectivity index (χ1n) is 6.36. The SMILES string of the molecule is C[C@H]1CC1C(COc1ccn(C)n1)C1CC1. The van der Waals surface area contributed by atoms with Gasteiger partial charge in [0.1, 0.15) is 0 Å². The second-order valence-corrected chi connectivity index (χ2v) is 5.52. The van der Waals surface area contributed by atoms with Crippen LogP contribution in [0.3, 0.4) is 0 Å². The zero-order valence-corrected chi connectivity index (χ0v) is 10.1. The molecule has 88 valence electrons. The summed E-state index contributed by atoms with van der Waals surface area (Å²) in [6, 6.07) is 1.94. The van der Waals surface area contributed by atoms with Crippen molar-refractivity contribution in [2.24, 2.45) is 30.7 Å². The molecule has 2 aliphatic rings. The molecule has 0 spiro atoms. The number of aryl methyl sites for hydroxylation is 1. The van der Waals surface area contributed by atoms with E-state index in [0.717, 1.165) is 36.2 Å². The molecule has 0 amide bonds. The Labute approximate surface area is 96.8 Å². The van der Waals surface area contributed by atoms with Gasteiger partial charge in [-0.15, -0.1) is 5.10 Å². The lowest BCUT2D eigenvalue weighted by Gasteiger charge is -2.15. The molecule has 1 aromatic rings. The summed E-state index contributed by atoms with van der Waals surface area (Å²) in [5.74, 6) is 4.37. The number of aromatic nitrogens is 2. The van der Waals surface area contributed by atoms with Crippen LogP contribution >= 0.6 is 0 Å². The largest absolute Gasteiger partial charge is 0.476 e. The summed E-state index contributed by atoms with van der Waals surface area (Å²) >= 11 is 0. The summed E-state index contributed by atoms with van der Waals surface area (Å²) < 4.78 is 7.60. The molecular weight excluding hydrogens is 200 g/mol. The number of rotatable bonds is 5. The van der Waals surface area contributed by atoms with Crippen LogP contribution in [0, 0.1) is 23.7 Å². The van der Waals surface area contributed by atoms with Gasteiger partial charge in [-0.2, -0.15) is 0 Å². The molecule has 3 atom stereocenters. The smallest absolute Gasteiger partial charge is 0.232 e. The molecule has 0 aromatic carbocycles. The monoisotopic (exact) mass is 220 g/mol. The van der Waals surface area contributed by atoms with E-state index in [1.54, 1.807) is 4.68 Å². The normalized spacial score (nSPS) is 30.1. The van der Waals surface area contributed by atoms with E-state index in [9.17, 15) is 0 Å². The Morgan fingerprint density at radius 2 is 2.31 bits per heavy atom. The Bertz CT molecular complexity index is 370. The highest BCUT2D eigenvalue weighted by atomic mass is 16.5. The topological polar surface area (TPSA) is 27.1 Å². The van der Waals surface area contributed by atoms with Crippen LogP contribution in [0.25, 0.3) is 0 Å². The second kappa shape index (κ2) is 3.79. The summed E-state index contributed by atoms with van der Waals surface area (Å²) in [5, 5.41) is 4.26. The maximum absolute atomic E-state index is 5.81. The van der Waals surface area contributed by atoms with E-state index in [0.29, 0.717) is 0 Å². The standard InChI is InChI=1S/C13H20N2O/c1-9-7-11(9)12(10-3-4-10)8-16-13-5-6-15(2)14-13/h5-6,9-12H,3-4,7-8H2,1-2H3/t9-,11?,12?/m0/s1. The van der Waals surface area contributed by atoms with Crippen molar-refractivity contribution in [3.8, 4) is 5.88 Å². The van der Waals surface area contributed by atoms with Gasteiger partial charge in [0.05, 0.1) is 6.61 Å². The van der Waals surface area contributed by atoms with Crippen LogP contribution in [-0.4, -0.2) is 16.4 Å². The molecule has 0 radical (unpaired) electrons. The molecule has 0 aliphatic heterocycles. The number of hydrogen-bond donors (Lipinski definition) is 0. The van der Waals surface area contributed by atoms with Crippen LogP contribution in [0.1, 0.15) is 26.2 Å². The van der Waals surface area contributed by atoms with Gasteiger partial charge in [0.15, 0.2) is 0 Å². The Balaban J connectivity index is 1.56. The van der Waals surface area contributed by atoms with Gasteiger partial charge in [0.2, 0.25) is 5.88 Å². The van der Waals surface area contributed by atoms with E-state index < -0.39 is 0 Å². The van der Waals surface area contributed by atoms with Crippen molar-refractivity contribution in [2.45, 2.75) is 26.2 Å². The number of hydrogen-bond acceptors (Lipinski definition) is 2. The Kier molecular flexibility index (Phi) is 2.41. The van der Waals surface area contributed by atoms with Crippen molar-refractivity contribution in [2.75, 3.05) is 6.61 Å². The third kappa shape index (κ3) is 2.08. The van der Waals surface area contributed by atoms with Crippen molar-refractivity contribution in [1.82, 2.24) is 9.78 Å². The maximum atomic E-state index is 5.81. The van der Waals surface area contributed by atoms with Gasteiger partial charge in [-0.3, -0.25) is 4.68 Å². The van der Waals surface area contributed by atoms with Crippen LogP contribution in [0.4, 0.5) is 0 Å². The molecule has 3 heteroatoms. The predicted octanol–water partition coefficient (Wildman–Crippen LogP) is 2.48. The minimum absolute atomic E-state index is 0.779. The van der Waals surface area contributed by atoms with Crippen LogP contribution in [0.15, 0.2) is 12.3 Å². The number of ether oxygens (including phenoxy) is 1. The van der Waals surface area contributed by atoms with Crippen molar-refractivity contribution in [1.29, 1.82) is 0 Å². The molecular formula is C13H20N2O. The quantitative estimate of drug-likeness (QED) is 0.762. The Hall–Kier alpha value is -0.990. The van der Waals surface area contributed by atoms with E-state index in [-0.39, 0.29) is 0 Å². The molecule has 3 nitrogen and oxygen atoms in total. The Morgan fingerprint density at radius 1 is 1.56 bits per heavy atom. The zero-order chi connectivity index (χ0) is 11.1. The molecule has 2 unspecified atom stereocenters. The van der Waals surface area contributed by atoms with Crippen molar-refractivity contribution < 1.29 is 4.74 Å². The van der Waals surface area contributed by atoms with Gasteiger partial charge in [0.25, 0.3) is 0 Å². The third-order valence-corrected chi connectivity index (χ3v) is 4.06. The first kappa shape index (κ1) is 10.2. The Morgan fingerprint density at radius 3 is 2.81 bits per heavy atom. The van der Waals surface area contributed by atoms with Crippen molar-refractivity contribution in [3.05, 3.63) is 12.3 Å². The van der Waals surface area contributed by atoms with E-state index in [1.165, 1.54) is 19.3 Å². The van der Waals surface area contributed by atoms with Gasteiger partial charge in [0, 0.05) is 19.3 Å². The van der Waals surface area contributed by atoms with E-state index in [2.05, 4.69) is 12.0 Å². The van der Waals surface area contributed by atoms with Gasteiger partial charge in [-0.05, 0) is 42.9 Å². The highest BCUT2D eigenvalue weighted by Crippen LogP contribution is 2.52. The molecule has 16 heavy (non-hydrogen) atoms. The first-order valence-corrected chi connectivity index (χ1v) is 6.36. The van der Waals surface area contributed by atoms with Crippen LogP contribution in [0.2, 0.25) is 0 Å². The average molecular weight is 220 g/mol. The molecule has 0 N–H and O–H groups in total. The van der Waals surface area contributed by atoms with Crippen molar-refractivity contribution in [3.63, 3.8) is 0 Å². The highest BCUT2D eigenvalue weighted by molar-refractivity contribution is 5.06. The minimum atomic E-state index is 0.779. The zero-order valence-electron chi connectivity index (χ0n) is 10.1.